The van der Waals surface area contributed by atoms with Crippen molar-refractivity contribution in [1.29, 1.82) is 0 Å². The van der Waals surface area contributed by atoms with E-state index in [1.807, 2.05) is 30.8 Å². The number of anilines is 1. The molecule has 6 heteroatoms. The molecule has 0 saturated heterocycles. The van der Waals surface area contributed by atoms with Crippen molar-refractivity contribution in [2.75, 3.05) is 5.32 Å². The minimum Gasteiger partial charge on any atom is -0.361 e. The summed E-state index contributed by atoms with van der Waals surface area (Å²) < 4.78 is 3.50. The van der Waals surface area contributed by atoms with E-state index in [0.717, 1.165) is 6.42 Å². The molecule has 6 nitrogen and oxygen atoms in total. The maximum atomic E-state index is 12.1. The van der Waals surface area contributed by atoms with Crippen molar-refractivity contribution in [2.24, 2.45) is 0 Å². The Balaban J connectivity index is 2.06. The van der Waals surface area contributed by atoms with E-state index in [0.29, 0.717) is 18.9 Å². The fraction of sp³-hybridized carbons (Fsp3) is 0.462. The third-order valence-electron chi connectivity index (χ3n) is 2.78. The van der Waals surface area contributed by atoms with Crippen molar-refractivity contribution in [3.05, 3.63) is 41.2 Å². The summed E-state index contributed by atoms with van der Waals surface area (Å²) in [6.07, 6.45) is 7.93. The SMILES string of the molecule is CCCn1ccnc(NC(C)Cn2cccn2)c1=O. The quantitative estimate of drug-likeness (QED) is 0.852. The van der Waals surface area contributed by atoms with Gasteiger partial charge >= 0.3 is 0 Å². The highest BCUT2D eigenvalue weighted by Crippen LogP contribution is 2.00. The van der Waals surface area contributed by atoms with Gasteiger partial charge in [-0.3, -0.25) is 9.48 Å². The fourth-order valence-electron chi connectivity index (χ4n) is 1.93. The number of nitrogens with zero attached hydrogens (tertiary/aromatic N) is 4. The first-order valence-corrected chi connectivity index (χ1v) is 6.50. The summed E-state index contributed by atoms with van der Waals surface area (Å²) in [5.41, 5.74) is -0.0725. The fourth-order valence-corrected chi connectivity index (χ4v) is 1.93. The zero-order valence-electron chi connectivity index (χ0n) is 11.3. The monoisotopic (exact) mass is 261 g/mol. The third kappa shape index (κ3) is 3.43. The standard InChI is InChI=1S/C13H19N5O/c1-3-7-17-9-6-14-12(13(17)19)16-11(2)10-18-8-4-5-15-18/h4-6,8-9,11H,3,7,10H2,1-2H3,(H,14,16). The van der Waals surface area contributed by atoms with E-state index >= 15 is 0 Å². The topological polar surface area (TPSA) is 64.7 Å². The van der Waals surface area contributed by atoms with Crippen molar-refractivity contribution >= 4 is 5.82 Å². The maximum absolute atomic E-state index is 12.1. The van der Waals surface area contributed by atoms with Gasteiger partial charge in [-0.25, -0.2) is 4.98 Å². The lowest BCUT2D eigenvalue weighted by atomic mass is 10.3. The van der Waals surface area contributed by atoms with Crippen LogP contribution in [0.1, 0.15) is 20.3 Å². The molecule has 102 valence electrons. The third-order valence-corrected chi connectivity index (χ3v) is 2.78. The molecule has 0 aliphatic rings. The predicted molar refractivity (Wildman–Crippen MR) is 74.1 cm³/mol. The summed E-state index contributed by atoms with van der Waals surface area (Å²) in [4.78, 5) is 16.2. The Labute approximate surface area is 112 Å². The molecule has 0 radical (unpaired) electrons. The molecule has 0 aliphatic heterocycles. The molecule has 1 atom stereocenters. The van der Waals surface area contributed by atoms with Crippen LogP contribution in [0.4, 0.5) is 5.82 Å². The number of nitrogens with one attached hydrogen (secondary N) is 1. The van der Waals surface area contributed by atoms with E-state index < -0.39 is 0 Å². The van der Waals surface area contributed by atoms with Crippen LogP contribution in [0.3, 0.4) is 0 Å². The van der Waals surface area contributed by atoms with E-state index in [2.05, 4.69) is 15.4 Å². The lowest BCUT2D eigenvalue weighted by molar-refractivity contribution is 0.557. The lowest BCUT2D eigenvalue weighted by Crippen LogP contribution is -2.30. The molecule has 0 saturated carbocycles. The number of aromatic nitrogens is 4. The molecule has 19 heavy (non-hydrogen) atoms. The molecule has 1 N–H and O–H groups in total. The summed E-state index contributed by atoms with van der Waals surface area (Å²) in [6, 6.07) is 1.96. The zero-order chi connectivity index (χ0) is 13.7. The number of rotatable bonds is 6. The van der Waals surface area contributed by atoms with Crippen molar-refractivity contribution in [3.63, 3.8) is 0 Å². The smallest absolute Gasteiger partial charge is 0.293 e. The van der Waals surface area contributed by atoms with Crippen LogP contribution in [0.15, 0.2) is 35.6 Å². The molecular formula is C13H19N5O. The summed E-state index contributed by atoms with van der Waals surface area (Å²) in [5.74, 6) is 0.399. The van der Waals surface area contributed by atoms with Crippen LogP contribution in [-0.2, 0) is 13.1 Å². The molecule has 1 unspecified atom stereocenters. The molecule has 2 aromatic rings. The normalized spacial score (nSPS) is 12.3. The van der Waals surface area contributed by atoms with Gasteiger partial charge in [0.2, 0.25) is 0 Å². The van der Waals surface area contributed by atoms with E-state index in [9.17, 15) is 4.79 Å². The van der Waals surface area contributed by atoms with Gasteiger partial charge in [0.15, 0.2) is 5.82 Å². The van der Waals surface area contributed by atoms with Gasteiger partial charge in [-0.2, -0.15) is 5.10 Å². The lowest BCUT2D eigenvalue weighted by Gasteiger charge is -2.14. The summed E-state index contributed by atoms with van der Waals surface area (Å²) in [7, 11) is 0. The molecule has 0 fully saturated rings. The van der Waals surface area contributed by atoms with E-state index in [1.165, 1.54) is 0 Å². The predicted octanol–water partition coefficient (Wildman–Crippen LogP) is 1.35. The van der Waals surface area contributed by atoms with E-state index in [4.69, 9.17) is 0 Å². The highest BCUT2D eigenvalue weighted by Gasteiger charge is 2.08. The Morgan fingerprint density at radius 1 is 1.37 bits per heavy atom. The number of aryl methyl sites for hydroxylation is 1. The summed E-state index contributed by atoms with van der Waals surface area (Å²) in [5, 5.41) is 7.28. The van der Waals surface area contributed by atoms with Gasteiger partial charge in [0.25, 0.3) is 5.56 Å². The van der Waals surface area contributed by atoms with Gasteiger partial charge in [-0.15, -0.1) is 0 Å². The summed E-state index contributed by atoms with van der Waals surface area (Å²) in [6.45, 7) is 5.45. The molecule has 0 amide bonds. The molecule has 0 aliphatic carbocycles. The van der Waals surface area contributed by atoms with E-state index in [1.54, 1.807) is 23.2 Å². The Bertz CT molecular complexity index is 561. The van der Waals surface area contributed by atoms with Crippen LogP contribution in [0.25, 0.3) is 0 Å². The molecule has 2 aromatic heterocycles. The Kier molecular flexibility index (Phi) is 4.33. The second-order valence-corrected chi connectivity index (χ2v) is 4.55. The average Bonchev–Trinajstić information content (AvgIpc) is 2.87. The Morgan fingerprint density at radius 3 is 2.89 bits per heavy atom. The van der Waals surface area contributed by atoms with Gasteiger partial charge in [0.05, 0.1) is 6.54 Å². The summed E-state index contributed by atoms with van der Waals surface area (Å²) >= 11 is 0. The van der Waals surface area contributed by atoms with Gasteiger partial charge in [0.1, 0.15) is 0 Å². The van der Waals surface area contributed by atoms with Crippen LogP contribution in [0, 0.1) is 0 Å². The van der Waals surface area contributed by atoms with Gasteiger partial charge in [0, 0.05) is 37.4 Å². The van der Waals surface area contributed by atoms with Crippen molar-refractivity contribution in [3.8, 4) is 0 Å². The minimum absolute atomic E-state index is 0.0725. The minimum atomic E-state index is -0.0725. The van der Waals surface area contributed by atoms with Crippen LogP contribution in [0.5, 0.6) is 0 Å². The second kappa shape index (κ2) is 6.17. The van der Waals surface area contributed by atoms with Gasteiger partial charge < -0.3 is 9.88 Å². The number of hydrogen-bond acceptors (Lipinski definition) is 4. The van der Waals surface area contributed by atoms with Gasteiger partial charge in [-0.1, -0.05) is 6.92 Å². The van der Waals surface area contributed by atoms with Crippen molar-refractivity contribution < 1.29 is 0 Å². The van der Waals surface area contributed by atoms with Crippen molar-refractivity contribution in [1.82, 2.24) is 19.3 Å². The Morgan fingerprint density at radius 2 is 2.21 bits per heavy atom. The Hall–Kier alpha value is -2.11. The highest BCUT2D eigenvalue weighted by molar-refractivity contribution is 5.31. The van der Waals surface area contributed by atoms with Crippen LogP contribution >= 0.6 is 0 Å². The maximum Gasteiger partial charge on any atom is 0.293 e. The van der Waals surface area contributed by atoms with Crippen LogP contribution in [0.2, 0.25) is 0 Å². The molecule has 0 bridgehead atoms. The second-order valence-electron chi connectivity index (χ2n) is 4.55. The molecule has 2 heterocycles. The average molecular weight is 261 g/mol. The highest BCUT2D eigenvalue weighted by atomic mass is 16.1. The molecule has 0 aromatic carbocycles. The molecular weight excluding hydrogens is 242 g/mol. The first kappa shape index (κ1) is 13.3. The van der Waals surface area contributed by atoms with E-state index in [-0.39, 0.29) is 11.6 Å². The first-order chi connectivity index (χ1) is 9.20. The van der Waals surface area contributed by atoms with Crippen molar-refractivity contribution in [2.45, 2.75) is 39.4 Å². The van der Waals surface area contributed by atoms with Crippen LogP contribution < -0.4 is 10.9 Å². The zero-order valence-corrected chi connectivity index (χ0v) is 11.3. The largest absolute Gasteiger partial charge is 0.361 e. The first-order valence-electron chi connectivity index (χ1n) is 6.50. The number of hydrogen-bond donors (Lipinski definition) is 1. The molecule has 0 spiro atoms. The van der Waals surface area contributed by atoms with Gasteiger partial charge in [-0.05, 0) is 19.4 Å². The molecule has 2 rings (SSSR count). The van der Waals surface area contributed by atoms with Crippen LogP contribution in [-0.4, -0.2) is 25.4 Å².